The third-order valence-corrected chi connectivity index (χ3v) is 7.89. The number of piperidine rings is 1. The van der Waals surface area contributed by atoms with E-state index < -0.39 is 0 Å². The zero-order valence-corrected chi connectivity index (χ0v) is 20.9. The third kappa shape index (κ3) is 5.36. The van der Waals surface area contributed by atoms with Crippen molar-refractivity contribution in [2.75, 3.05) is 23.7 Å². The number of allylic oxidation sites excluding steroid dienone is 1. The standard InChI is InChI=1S/C25H36N8S/c1-17(26)10-14-33-15-11-21-23(33)24(30-25(28-21)29-22-16-18(2)31-34-22)27-19-6-8-20(9-7-19)32-12-4-3-5-13-32/h11,15-16,19-20H,1,3-10,12-14,26H2,2H3,(H2,27,28,29,30). The van der Waals surface area contributed by atoms with Crippen LogP contribution >= 0.6 is 11.5 Å². The Morgan fingerprint density at radius 3 is 2.68 bits per heavy atom. The maximum Gasteiger partial charge on any atom is 0.230 e. The number of nitrogens with two attached hydrogens (primary N) is 1. The van der Waals surface area contributed by atoms with Gasteiger partial charge in [-0.05, 0) is 82.2 Å². The van der Waals surface area contributed by atoms with Crippen LogP contribution in [0.5, 0.6) is 0 Å². The van der Waals surface area contributed by atoms with Crippen molar-refractivity contribution in [1.82, 2.24) is 23.8 Å². The van der Waals surface area contributed by atoms with Gasteiger partial charge in [0.25, 0.3) is 0 Å². The van der Waals surface area contributed by atoms with E-state index in [0.29, 0.717) is 17.7 Å². The highest BCUT2D eigenvalue weighted by molar-refractivity contribution is 7.10. The van der Waals surface area contributed by atoms with Gasteiger partial charge < -0.3 is 25.8 Å². The Bertz CT molecular complexity index is 1120. The van der Waals surface area contributed by atoms with Gasteiger partial charge in [-0.2, -0.15) is 9.36 Å². The Morgan fingerprint density at radius 2 is 1.97 bits per heavy atom. The number of fused-ring (bicyclic) bond motifs is 1. The minimum Gasteiger partial charge on any atom is -0.402 e. The molecule has 9 heteroatoms. The minimum atomic E-state index is 0.422. The molecule has 0 amide bonds. The van der Waals surface area contributed by atoms with Gasteiger partial charge in [0, 0.05) is 36.9 Å². The molecule has 4 N–H and O–H groups in total. The molecular formula is C25H36N8S. The van der Waals surface area contributed by atoms with E-state index in [1.165, 1.54) is 69.6 Å². The molecule has 0 unspecified atom stereocenters. The molecule has 2 fully saturated rings. The van der Waals surface area contributed by atoms with Crippen LogP contribution < -0.4 is 16.4 Å². The minimum absolute atomic E-state index is 0.422. The monoisotopic (exact) mass is 480 g/mol. The van der Waals surface area contributed by atoms with Crippen LogP contribution in [0, 0.1) is 6.92 Å². The molecule has 0 atom stereocenters. The number of likely N-dealkylation sites (tertiary alicyclic amines) is 1. The molecule has 2 aliphatic rings. The zero-order chi connectivity index (χ0) is 23.5. The molecule has 182 valence electrons. The molecule has 5 rings (SSSR count). The number of aromatic nitrogens is 4. The maximum absolute atomic E-state index is 5.85. The normalized spacial score (nSPS) is 21.6. The molecule has 8 nitrogen and oxygen atoms in total. The fourth-order valence-electron chi connectivity index (χ4n) is 5.31. The highest BCUT2D eigenvalue weighted by atomic mass is 32.1. The molecule has 0 radical (unpaired) electrons. The highest BCUT2D eigenvalue weighted by Crippen LogP contribution is 2.31. The average Bonchev–Trinajstić information content (AvgIpc) is 3.44. The summed E-state index contributed by atoms with van der Waals surface area (Å²) in [7, 11) is 0. The van der Waals surface area contributed by atoms with Gasteiger partial charge in [-0.25, -0.2) is 4.98 Å². The van der Waals surface area contributed by atoms with E-state index in [9.17, 15) is 0 Å². The van der Waals surface area contributed by atoms with Crippen molar-refractivity contribution in [2.45, 2.75) is 76.9 Å². The summed E-state index contributed by atoms with van der Waals surface area (Å²) in [6, 6.07) is 5.24. The van der Waals surface area contributed by atoms with E-state index >= 15 is 0 Å². The van der Waals surface area contributed by atoms with Crippen LogP contribution in [-0.2, 0) is 6.54 Å². The highest BCUT2D eigenvalue weighted by Gasteiger charge is 2.27. The SMILES string of the molecule is C=C(N)CCn1ccc2nc(Nc3cc(C)ns3)nc(NC3CCC(N4CCCCC4)CC3)c21. The quantitative estimate of drug-likeness (QED) is 0.417. The van der Waals surface area contributed by atoms with Crippen LogP contribution in [0.15, 0.2) is 30.6 Å². The summed E-state index contributed by atoms with van der Waals surface area (Å²) in [5.74, 6) is 1.49. The largest absolute Gasteiger partial charge is 0.402 e. The van der Waals surface area contributed by atoms with Crippen molar-refractivity contribution in [1.29, 1.82) is 0 Å². The number of hydrogen-bond acceptors (Lipinski definition) is 8. The van der Waals surface area contributed by atoms with Gasteiger partial charge in [-0.1, -0.05) is 13.0 Å². The van der Waals surface area contributed by atoms with E-state index in [1.54, 1.807) is 0 Å². The Kier molecular flexibility index (Phi) is 7.01. The van der Waals surface area contributed by atoms with Gasteiger partial charge in [0.05, 0.1) is 11.2 Å². The molecule has 4 heterocycles. The fraction of sp³-hybridized carbons (Fsp3) is 0.560. The molecule has 34 heavy (non-hydrogen) atoms. The molecule has 0 bridgehead atoms. The summed E-state index contributed by atoms with van der Waals surface area (Å²) in [5.41, 5.74) is 9.49. The second-order valence-electron chi connectivity index (χ2n) is 9.75. The van der Waals surface area contributed by atoms with Gasteiger partial charge >= 0.3 is 0 Å². The van der Waals surface area contributed by atoms with Crippen LogP contribution in [0.4, 0.5) is 16.8 Å². The number of aryl methyl sites for hydroxylation is 2. The lowest BCUT2D eigenvalue weighted by atomic mass is 9.89. The van der Waals surface area contributed by atoms with Crippen molar-refractivity contribution in [3.05, 3.63) is 36.3 Å². The van der Waals surface area contributed by atoms with E-state index in [0.717, 1.165) is 46.6 Å². The topological polar surface area (TPSA) is 96.9 Å². The van der Waals surface area contributed by atoms with Crippen molar-refractivity contribution < 1.29 is 0 Å². The smallest absolute Gasteiger partial charge is 0.230 e. The van der Waals surface area contributed by atoms with Gasteiger partial charge in [0.15, 0.2) is 5.82 Å². The molecule has 3 aromatic rings. The predicted octanol–water partition coefficient (Wildman–Crippen LogP) is 5.01. The molecule has 1 saturated heterocycles. The zero-order valence-electron chi connectivity index (χ0n) is 20.1. The Morgan fingerprint density at radius 1 is 1.18 bits per heavy atom. The summed E-state index contributed by atoms with van der Waals surface area (Å²) in [6.07, 6.45) is 11.8. The summed E-state index contributed by atoms with van der Waals surface area (Å²) >= 11 is 1.43. The number of anilines is 3. The van der Waals surface area contributed by atoms with Crippen molar-refractivity contribution >= 4 is 39.3 Å². The van der Waals surface area contributed by atoms with Gasteiger partial charge in [-0.3, -0.25) is 0 Å². The maximum atomic E-state index is 5.85. The fourth-order valence-corrected chi connectivity index (χ4v) is 5.96. The number of hydrogen-bond donors (Lipinski definition) is 3. The first-order valence-corrected chi connectivity index (χ1v) is 13.3. The summed E-state index contributed by atoms with van der Waals surface area (Å²) in [5, 5.41) is 8.09. The molecule has 1 saturated carbocycles. The van der Waals surface area contributed by atoms with Crippen molar-refractivity contribution in [3.63, 3.8) is 0 Å². The van der Waals surface area contributed by atoms with Crippen LogP contribution in [0.3, 0.4) is 0 Å². The lowest BCUT2D eigenvalue weighted by molar-refractivity contribution is 0.127. The first kappa shape index (κ1) is 23.1. The summed E-state index contributed by atoms with van der Waals surface area (Å²) in [6.45, 7) is 9.17. The summed E-state index contributed by atoms with van der Waals surface area (Å²) < 4.78 is 6.55. The van der Waals surface area contributed by atoms with Crippen molar-refractivity contribution in [2.24, 2.45) is 5.73 Å². The van der Waals surface area contributed by atoms with Gasteiger partial charge in [0.1, 0.15) is 10.5 Å². The average molecular weight is 481 g/mol. The molecule has 0 aromatic carbocycles. The Hall–Kier alpha value is -2.65. The van der Waals surface area contributed by atoms with E-state index in [4.69, 9.17) is 15.7 Å². The van der Waals surface area contributed by atoms with Gasteiger partial charge in [0.2, 0.25) is 5.95 Å². The van der Waals surface area contributed by atoms with Crippen LogP contribution in [-0.4, -0.2) is 49.0 Å². The first-order valence-electron chi connectivity index (χ1n) is 12.6. The number of nitrogens with one attached hydrogen (secondary N) is 2. The Balaban J connectivity index is 1.36. The number of rotatable bonds is 8. The van der Waals surface area contributed by atoms with Crippen molar-refractivity contribution in [3.8, 4) is 0 Å². The molecule has 3 aromatic heterocycles. The molecule has 0 spiro atoms. The lowest BCUT2D eigenvalue weighted by Gasteiger charge is -2.39. The summed E-state index contributed by atoms with van der Waals surface area (Å²) in [4.78, 5) is 12.4. The molecule has 1 aliphatic carbocycles. The Labute approximate surface area is 205 Å². The first-order chi connectivity index (χ1) is 16.5. The third-order valence-electron chi connectivity index (χ3n) is 7.09. The lowest BCUT2D eigenvalue weighted by Crippen LogP contribution is -2.43. The molecule has 1 aliphatic heterocycles. The van der Waals surface area contributed by atoms with E-state index in [1.807, 2.05) is 13.0 Å². The second-order valence-corrected chi connectivity index (χ2v) is 10.6. The number of nitrogens with zero attached hydrogens (tertiary/aromatic N) is 5. The molecular weight excluding hydrogens is 444 g/mol. The predicted molar refractivity (Wildman–Crippen MR) is 141 cm³/mol. The van der Waals surface area contributed by atoms with Gasteiger partial charge in [-0.15, -0.1) is 0 Å². The van der Waals surface area contributed by atoms with E-state index in [2.05, 4.69) is 43.3 Å². The van der Waals surface area contributed by atoms with Crippen LogP contribution in [0.1, 0.15) is 57.1 Å². The second kappa shape index (κ2) is 10.3. The van der Waals surface area contributed by atoms with E-state index in [-0.39, 0.29) is 0 Å². The van der Waals surface area contributed by atoms with Crippen LogP contribution in [0.25, 0.3) is 11.0 Å². The van der Waals surface area contributed by atoms with Crippen LogP contribution in [0.2, 0.25) is 0 Å².